The van der Waals surface area contributed by atoms with Gasteiger partial charge in [0.2, 0.25) is 5.91 Å². The Labute approximate surface area is 120 Å². The molecule has 7 heteroatoms. The first-order valence-corrected chi connectivity index (χ1v) is 6.44. The number of amides is 1. The van der Waals surface area contributed by atoms with Crippen LogP contribution in [0.1, 0.15) is 31.7 Å². The molecule has 1 atom stereocenters. The summed E-state index contributed by atoms with van der Waals surface area (Å²) in [6.07, 6.45) is -5.63. The lowest BCUT2D eigenvalue weighted by atomic mass is 9.93. The molecular weight excluding hydrogens is 288 g/mol. The van der Waals surface area contributed by atoms with E-state index in [2.05, 4.69) is 5.32 Å². The van der Waals surface area contributed by atoms with Gasteiger partial charge in [-0.15, -0.1) is 0 Å². The van der Waals surface area contributed by atoms with Gasteiger partial charge in [0.05, 0.1) is 0 Å². The summed E-state index contributed by atoms with van der Waals surface area (Å²) in [5.74, 6) is -1.29. The van der Waals surface area contributed by atoms with Gasteiger partial charge in [-0.05, 0) is 50.5 Å². The van der Waals surface area contributed by atoms with Gasteiger partial charge in [-0.2, -0.15) is 13.2 Å². The lowest BCUT2D eigenvalue weighted by Crippen LogP contribution is -2.48. The summed E-state index contributed by atoms with van der Waals surface area (Å²) in [7, 11) is 0. The van der Waals surface area contributed by atoms with E-state index in [1.165, 1.54) is 13.0 Å². The van der Waals surface area contributed by atoms with Crippen molar-refractivity contribution in [1.82, 2.24) is 0 Å². The van der Waals surface area contributed by atoms with Crippen LogP contribution in [-0.2, 0) is 4.79 Å². The summed E-state index contributed by atoms with van der Waals surface area (Å²) in [5.41, 5.74) is 4.83. The largest absolute Gasteiger partial charge is 0.389 e. The van der Waals surface area contributed by atoms with Crippen LogP contribution in [0.2, 0.25) is 0 Å². The van der Waals surface area contributed by atoms with Crippen LogP contribution in [0, 0.1) is 12.7 Å². The first-order chi connectivity index (χ1) is 9.52. The third kappa shape index (κ3) is 5.61. The molecule has 0 fully saturated rings. The summed E-state index contributed by atoms with van der Waals surface area (Å²) in [4.78, 5) is 11.5. The molecule has 1 aromatic rings. The quantitative estimate of drug-likeness (QED) is 0.790. The van der Waals surface area contributed by atoms with Crippen LogP contribution in [0.15, 0.2) is 18.2 Å². The molecule has 118 valence electrons. The molecule has 0 saturated carbocycles. The molecule has 1 aromatic carbocycles. The average Bonchev–Trinajstić information content (AvgIpc) is 2.24. The minimum absolute atomic E-state index is 0.0998. The number of carbonyl (C=O) groups excluding carboxylic acids is 1. The van der Waals surface area contributed by atoms with Crippen LogP contribution >= 0.6 is 0 Å². The predicted molar refractivity (Wildman–Crippen MR) is 72.3 cm³/mol. The van der Waals surface area contributed by atoms with E-state index in [0.717, 1.165) is 6.07 Å². The number of nitrogens with one attached hydrogen (secondary N) is 1. The maximum absolute atomic E-state index is 13.3. The number of hydrogen-bond donors (Lipinski definition) is 2. The zero-order valence-corrected chi connectivity index (χ0v) is 11.9. The molecular formula is C14H18F4N2O. The number of nitrogens with two attached hydrogens (primary N) is 1. The summed E-state index contributed by atoms with van der Waals surface area (Å²) in [6.45, 7) is 3.07. The smallest absolute Gasteiger partial charge is 0.371 e. The molecule has 1 amide bonds. The van der Waals surface area contributed by atoms with Crippen molar-refractivity contribution in [2.75, 3.05) is 5.32 Å². The van der Waals surface area contributed by atoms with Gasteiger partial charge in [0, 0.05) is 12.1 Å². The van der Waals surface area contributed by atoms with Crippen molar-refractivity contribution in [2.45, 2.75) is 44.8 Å². The van der Waals surface area contributed by atoms with Gasteiger partial charge in [-0.3, -0.25) is 4.79 Å². The summed E-state index contributed by atoms with van der Waals surface area (Å²) < 4.78 is 49.8. The topological polar surface area (TPSA) is 55.1 Å². The van der Waals surface area contributed by atoms with Crippen molar-refractivity contribution < 1.29 is 22.4 Å². The van der Waals surface area contributed by atoms with Crippen LogP contribution in [0.5, 0.6) is 0 Å². The van der Waals surface area contributed by atoms with Gasteiger partial charge in [0.1, 0.15) is 11.4 Å². The van der Waals surface area contributed by atoms with Gasteiger partial charge in [-0.1, -0.05) is 0 Å². The van der Waals surface area contributed by atoms with Crippen molar-refractivity contribution >= 4 is 11.6 Å². The number of carbonyl (C=O) groups is 1. The van der Waals surface area contributed by atoms with E-state index < -0.39 is 29.9 Å². The van der Waals surface area contributed by atoms with Gasteiger partial charge in [-0.25, -0.2) is 4.39 Å². The van der Waals surface area contributed by atoms with Gasteiger partial charge >= 0.3 is 6.18 Å². The number of alkyl halides is 3. The number of aryl methyl sites for hydroxylation is 1. The molecule has 1 rings (SSSR count). The van der Waals surface area contributed by atoms with Gasteiger partial charge in [0.15, 0.2) is 0 Å². The van der Waals surface area contributed by atoms with E-state index in [4.69, 9.17) is 5.73 Å². The molecule has 3 N–H and O–H groups in total. The highest BCUT2D eigenvalue weighted by Crippen LogP contribution is 2.27. The number of rotatable bonds is 6. The fourth-order valence-corrected chi connectivity index (χ4v) is 2.02. The van der Waals surface area contributed by atoms with E-state index in [9.17, 15) is 22.4 Å². The Morgan fingerprint density at radius 3 is 2.33 bits per heavy atom. The fraction of sp³-hybridized carbons (Fsp3) is 0.500. The summed E-state index contributed by atoms with van der Waals surface area (Å²) in [6, 6.07) is 4.06. The van der Waals surface area contributed by atoms with Gasteiger partial charge in [0.25, 0.3) is 0 Å². The lowest BCUT2D eigenvalue weighted by molar-refractivity contribution is -0.137. The fourth-order valence-electron chi connectivity index (χ4n) is 2.02. The average molecular weight is 306 g/mol. The van der Waals surface area contributed by atoms with E-state index >= 15 is 0 Å². The van der Waals surface area contributed by atoms with Crippen LogP contribution in [0.3, 0.4) is 0 Å². The summed E-state index contributed by atoms with van der Waals surface area (Å²) >= 11 is 0. The number of primary amides is 1. The van der Waals surface area contributed by atoms with Crippen LogP contribution in [-0.4, -0.2) is 17.6 Å². The summed E-state index contributed by atoms with van der Waals surface area (Å²) in [5, 5.41) is 2.74. The molecule has 0 radical (unpaired) electrons. The molecule has 0 aliphatic carbocycles. The minimum atomic E-state index is -4.28. The van der Waals surface area contributed by atoms with Crippen molar-refractivity contribution in [2.24, 2.45) is 5.73 Å². The number of halogens is 4. The Morgan fingerprint density at radius 2 is 1.86 bits per heavy atom. The maximum atomic E-state index is 13.3. The lowest BCUT2D eigenvalue weighted by Gasteiger charge is -2.29. The molecule has 0 aliphatic rings. The van der Waals surface area contributed by atoms with Crippen molar-refractivity contribution in [3.05, 3.63) is 29.6 Å². The van der Waals surface area contributed by atoms with E-state index in [0.29, 0.717) is 11.3 Å². The van der Waals surface area contributed by atoms with Crippen molar-refractivity contribution in [3.63, 3.8) is 0 Å². The number of benzene rings is 1. The Morgan fingerprint density at radius 1 is 1.24 bits per heavy atom. The third-order valence-electron chi connectivity index (χ3n) is 3.14. The van der Waals surface area contributed by atoms with Crippen LogP contribution < -0.4 is 11.1 Å². The molecule has 21 heavy (non-hydrogen) atoms. The molecule has 0 spiro atoms. The Hall–Kier alpha value is -1.79. The van der Waals surface area contributed by atoms with E-state index in [1.54, 1.807) is 13.0 Å². The molecule has 1 unspecified atom stereocenters. The number of hydrogen-bond acceptors (Lipinski definition) is 2. The van der Waals surface area contributed by atoms with Gasteiger partial charge < -0.3 is 11.1 Å². The van der Waals surface area contributed by atoms with Crippen molar-refractivity contribution in [1.29, 1.82) is 0 Å². The highest BCUT2D eigenvalue weighted by atomic mass is 19.4. The predicted octanol–water partition coefficient (Wildman–Crippen LogP) is 3.52. The van der Waals surface area contributed by atoms with Crippen molar-refractivity contribution in [3.8, 4) is 0 Å². The second kappa shape index (κ2) is 6.32. The van der Waals surface area contributed by atoms with Crippen LogP contribution in [0.25, 0.3) is 0 Å². The van der Waals surface area contributed by atoms with E-state index in [-0.39, 0.29) is 12.8 Å². The highest BCUT2D eigenvalue weighted by molar-refractivity contribution is 5.87. The minimum Gasteiger partial charge on any atom is -0.371 e. The maximum Gasteiger partial charge on any atom is 0.389 e. The Kier molecular flexibility index (Phi) is 5.20. The molecule has 0 aliphatic heterocycles. The Bertz CT molecular complexity index is 496. The first-order valence-electron chi connectivity index (χ1n) is 6.44. The molecule has 0 aromatic heterocycles. The highest BCUT2D eigenvalue weighted by Gasteiger charge is 2.33. The second-order valence-corrected chi connectivity index (χ2v) is 5.31. The zero-order valence-electron chi connectivity index (χ0n) is 11.9. The second-order valence-electron chi connectivity index (χ2n) is 5.31. The third-order valence-corrected chi connectivity index (χ3v) is 3.14. The molecule has 3 nitrogen and oxygen atoms in total. The standard InChI is InChI=1S/C14H18F4N2O/c1-9-6-10(15)8-11(7-9)20-13(2,12(19)21)4-3-5-14(16,17)18/h6-8,20H,3-5H2,1-2H3,(H2,19,21). The van der Waals surface area contributed by atoms with Crippen LogP contribution in [0.4, 0.5) is 23.2 Å². The van der Waals surface area contributed by atoms with E-state index in [1.807, 2.05) is 0 Å². The Balaban J connectivity index is 2.82. The zero-order chi connectivity index (χ0) is 16.3. The number of anilines is 1. The monoisotopic (exact) mass is 306 g/mol. The molecule has 0 heterocycles. The first kappa shape index (κ1) is 17.3. The molecule has 0 bridgehead atoms. The molecule has 0 saturated heterocycles. The normalized spacial score (nSPS) is 14.6. The SMILES string of the molecule is Cc1cc(F)cc(NC(C)(CCCC(F)(F)F)C(N)=O)c1.